The van der Waals surface area contributed by atoms with Crippen molar-refractivity contribution in [3.8, 4) is 0 Å². The maximum Gasteiger partial charge on any atom is 0.183 e. The fraction of sp³-hybridized carbons (Fsp3) is 0.727. The maximum absolute atomic E-state index is 5.91. The van der Waals surface area contributed by atoms with Crippen LogP contribution in [-0.4, -0.2) is 27.3 Å². The Bertz CT molecular complexity index is 453. The normalized spacial score (nSPS) is 35.4. The van der Waals surface area contributed by atoms with Crippen molar-refractivity contribution in [2.75, 3.05) is 5.73 Å². The zero-order valence-corrected chi connectivity index (χ0v) is 11.0. The number of aromatic nitrogens is 3. The molecule has 1 aliphatic carbocycles. The molecule has 7 heteroatoms. The van der Waals surface area contributed by atoms with Gasteiger partial charge in [-0.1, -0.05) is 11.6 Å². The van der Waals surface area contributed by atoms with Crippen molar-refractivity contribution in [2.24, 2.45) is 5.92 Å². The lowest BCUT2D eigenvalue weighted by molar-refractivity contribution is 0.275. The van der Waals surface area contributed by atoms with E-state index in [-0.39, 0.29) is 11.0 Å². The summed E-state index contributed by atoms with van der Waals surface area (Å²) in [5.74, 6) is 1.88. The number of nitrogen functional groups attached to an aromatic ring is 1. The van der Waals surface area contributed by atoms with Crippen LogP contribution in [0.5, 0.6) is 0 Å². The highest BCUT2D eigenvalue weighted by Gasteiger charge is 2.39. The van der Waals surface area contributed by atoms with Crippen molar-refractivity contribution in [3.63, 3.8) is 0 Å². The van der Waals surface area contributed by atoms with Gasteiger partial charge in [0.25, 0.3) is 0 Å². The van der Waals surface area contributed by atoms with Gasteiger partial charge in [0.1, 0.15) is 0 Å². The zero-order chi connectivity index (χ0) is 12.7. The van der Waals surface area contributed by atoms with E-state index in [1.807, 2.05) is 0 Å². The summed E-state index contributed by atoms with van der Waals surface area (Å²) in [6.07, 6.45) is 3.25. The van der Waals surface area contributed by atoms with E-state index in [2.05, 4.69) is 33.0 Å². The first kappa shape index (κ1) is 12.1. The smallest absolute Gasteiger partial charge is 0.183 e. The number of nitrogens with zero attached hydrogens (tertiary/aromatic N) is 3. The van der Waals surface area contributed by atoms with E-state index >= 15 is 0 Å². The van der Waals surface area contributed by atoms with Crippen molar-refractivity contribution < 1.29 is 0 Å². The first-order chi connectivity index (χ1) is 8.65. The molecule has 1 aromatic rings. The first-order valence-corrected chi connectivity index (χ1v) is 6.69. The third kappa shape index (κ3) is 2.04. The van der Waals surface area contributed by atoms with E-state index in [0.717, 1.165) is 25.1 Å². The number of hydrogen-bond donors (Lipinski definition) is 3. The van der Waals surface area contributed by atoms with Crippen LogP contribution in [0.2, 0.25) is 5.15 Å². The minimum absolute atomic E-state index is 0.201. The number of nitrogens with two attached hydrogens (primary N) is 1. The first-order valence-electron chi connectivity index (χ1n) is 6.32. The Labute approximate surface area is 111 Å². The Morgan fingerprint density at radius 1 is 1.28 bits per heavy atom. The fourth-order valence-corrected chi connectivity index (χ4v) is 3.14. The topological polar surface area (TPSA) is 88.8 Å². The van der Waals surface area contributed by atoms with E-state index in [9.17, 15) is 0 Å². The van der Waals surface area contributed by atoms with Gasteiger partial charge in [-0.25, -0.2) is 4.98 Å². The van der Waals surface area contributed by atoms with Gasteiger partial charge in [-0.15, -0.1) is 10.2 Å². The average molecular weight is 269 g/mol. The Morgan fingerprint density at radius 2 is 2.11 bits per heavy atom. The van der Waals surface area contributed by atoms with Gasteiger partial charge in [-0.3, -0.25) is 10.9 Å². The van der Waals surface area contributed by atoms with E-state index in [1.165, 1.54) is 0 Å². The van der Waals surface area contributed by atoms with Gasteiger partial charge in [0.05, 0.1) is 0 Å². The molecule has 1 aliphatic heterocycles. The molecule has 4 N–H and O–H groups in total. The van der Waals surface area contributed by atoms with Crippen molar-refractivity contribution in [2.45, 2.75) is 44.2 Å². The predicted octanol–water partition coefficient (Wildman–Crippen LogP) is 0.856. The van der Waals surface area contributed by atoms with Gasteiger partial charge >= 0.3 is 0 Å². The molecule has 4 atom stereocenters. The molecule has 6 nitrogen and oxygen atoms in total. The third-order valence-corrected chi connectivity index (χ3v) is 4.37. The number of rotatable bonds is 1. The van der Waals surface area contributed by atoms with Crippen LogP contribution in [-0.2, 0) is 0 Å². The molecule has 4 unspecified atom stereocenters. The van der Waals surface area contributed by atoms with Crippen molar-refractivity contribution in [3.05, 3.63) is 11.0 Å². The number of anilines is 1. The number of hydrazine groups is 1. The molecule has 1 saturated heterocycles. The molecule has 18 heavy (non-hydrogen) atoms. The summed E-state index contributed by atoms with van der Waals surface area (Å²) in [5, 5.41) is 8.21. The maximum atomic E-state index is 5.91. The lowest BCUT2D eigenvalue weighted by Gasteiger charge is -2.31. The van der Waals surface area contributed by atoms with Crippen LogP contribution in [0, 0.1) is 5.92 Å². The van der Waals surface area contributed by atoms with E-state index in [0.29, 0.717) is 23.9 Å². The summed E-state index contributed by atoms with van der Waals surface area (Å²) in [6.45, 7) is 2.20. The Hall–Kier alpha value is -0.980. The largest absolute Gasteiger partial charge is 0.380 e. The number of halogens is 1. The van der Waals surface area contributed by atoms with E-state index in [1.54, 1.807) is 0 Å². The highest BCUT2D eigenvalue weighted by Crippen LogP contribution is 2.38. The molecular formula is C11H17ClN6. The molecular weight excluding hydrogens is 252 g/mol. The minimum atomic E-state index is 0.201. The van der Waals surface area contributed by atoms with Gasteiger partial charge in [-0.2, -0.15) is 0 Å². The van der Waals surface area contributed by atoms with E-state index < -0.39 is 0 Å². The molecule has 0 amide bonds. The quantitative estimate of drug-likeness (QED) is 0.700. The number of fused-ring (bicyclic) bond motifs is 1. The van der Waals surface area contributed by atoms with Crippen molar-refractivity contribution in [1.29, 1.82) is 0 Å². The fourth-order valence-electron chi connectivity index (χ4n) is 3.02. The molecule has 0 aromatic carbocycles. The molecule has 1 aromatic heterocycles. The second-order valence-corrected chi connectivity index (χ2v) is 5.56. The highest BCUT2D eigenvalue weighted by molar-refractivity contribution is 6.31. The monoisotopic (exact) mass is 268 g/mol. The van der Waals surface area contributed by atoms with Crippen LogP contribution >= 0.6 is 11.6 Å². The molecule has 2 fully saturated rings. The minimum Gasteiger partial charge on any atom is -0.380 e. The standard InChI is InChI=1S/C11H17ClN6/c1-5-7-4-6(2-3-8(7)16-15-5)11-14-9(12)10(13)17-18-11/h5-8,15-16H,2-4H2,1H3,(H2,13,17). The molecule has 1 saturated carbocycles. The average Bonchev–Trinajstić information content (AvgIpc) is 2.74. The summed E-state index contributed by atoms with van der Waals surface area (Å²) in [6, 6.07) is 1.04. The van der Waals surface area contributed by atoms with Gasteiger partial charge in [0.15, 0.2) is 16.8 Å². The van der Waals surface area contributed by atoms with Gasteiger partial charge in [0.2, 0.25) is 0 Å². The van der Waals surface area contributed by atoms with Gasteiger partial charge in [0, 0.05) is 18.0 Å². The second kappa shape index (κ2) is 4.60. The number of hydrogen-bond acceptors (Lipinski definition) is 6. The van der Waals surface area contributed by atoms with Crippen LogP contribution in [0.3, 0.4) is 0 Å². The summed E-state index contributed by atoms with van der Waals surface area (Å²) >= 11 is 5.91. The summed E-state index contributed by atoms with van der Waals surface area (Å²) < 4.78 is 0. The van der Waals surface area contributed by atoms with Crippen LogP contribution in [0.4, 0.5) is 5.82 Å². The summed E-state index contributed by atoms with van der Waals surface area (Å²) in [7, 11) is 0. The van der Waals surface area contributed by atoms with Gasteiger partial charge in [-0.05, 0) is 32.1 Å². The third-order valence-electron chi connectivity index (χ3n) is 4.09. The SMILES string of the molecule is CC1NNC2CCC(c3nnc(N)c(Cl)n3)CC12. The molecule has 3 rings (SSSR count). The van der Waals surface area contributed by atoms with Crippen molar-refractivity contribution in [1.82, 2.24) is 26.0 Å². The summed E-state index contributed by atoms with van der Waals surface area (Å²) in [5.41, 5.74) is 12.2. The molecule has 98 valence electrons. The van der Waals surface area contributed by atoms with Crippen LogP contribution in [0.15, 0.2) is 0 Å². The second-order valence-electron chi connectivity index (χ2n) is 5.20. The van der Waals surface area contributed by atoms with Gasteiger partial charge < -0.3 is 5.73 Å². The molecule has 2 heterocycles. The van der Waals surface area contributed by atoms with Crippen LogP contribution in [0.25, 0.3) is 0 Å². The van der Waals surface area contributed by atoms with Crippen molar-refractivity contribution >= 4 is 17.4 Å². The molecule has 0 bridgehead atoms. The van der Waals surface area contributed by atoms with Crippen LogP contribution in [0.1, 0.15) is 37.9 Å². The number of nitrogens with one attached hydrogen (secondary N) is 2. The summed E-state index contributed by atoms with van der Waals surface area (Å²) in [4.78, 5) is 4.26. The van der Waals surface area contributed by atoms with Crippen LogP contribution < -0.4 is 16.6 Å². The highest BCUT2D eigenvalue weighted by atomic mass is 35.5. The predicted molar refractivity (Wildman–Crippen MR) is 68.9 cm³/mol. The lowest BCUT2D eigenvalue weighted by atomic mass is 9.76. The molecule has 0 radical (unpaired) electrons. The Balaban J connectivity index is 1.79. The zero-order valence-electron chi connectivity index (χ0n) is 10.2. The molecule has 0 spiro atoms. The Kier molecular flexibility index (Phi) is 3.09. The Morgan fingerprint density at radius 3 is 2.89 bits per heavy atom. The van der Waals surface area contributed by atoms with E-state index in [4.69, 9.17) is 17.3 Å². The lowest BCUT2D eigenvalue weighted by Crippen LogP contribution is -2.35. The molecule has 2 aliphatic rings.